The van der Waals surface area contributed by atoms with Gasteiger partial charge in [0.05, 0.1) is 28.7 Å². The zero-order chi connectivity index (χ0) is 24.4. The number of carbonyl (C=O) groups excluding carboxylic acids is 1. The molecule has 1 amide bonds. The van der Waals surface area contributed by atoms with E-state index in [4.69, 9.17) is 21.9 Å². The third-order valence-electron chi connectivity index (χ3n) is 6.83. The predicted octanol–water partition coefficient (Wildman–Crippen LogP) is 4.49. The molecule has 1 aromatic heterocycles. The van der Waals surface area contributed by atoms with E-state index < -0.39 is 0 Å². The van der Waals surface area contributed by atoms with Gasteiger partial charge in [-0.2, -0.15) is 0 Å². The number of rotatable bonds is 6. The summed E-state index contributed by atoms with van der Waals surface area (Å²) in [7, 11) is 1.78. The monoisotopic (exact) mass is 479 g/mol. The number of hydrazine groups is 1. The van der Waals surface area contributed by atoms with Crippen molar-refractivity contribution < 1.29 is 9.21 Å². The van der Waals surface area contributed by atoms with E-state index in [9.17, 15) is 4.79 Å². The molecule has 0 saturated heterocycles. The zero-order valence-corrected chi connectivity index (χ0v) is 20.7. The number of aryl methyl sites for hydroxylation is 1. The van der Waals surface area contributed by atoms with Crippen molar-refractivity contribution in [2.75, 3.05) is 25.5 Å². The van der Waals surface area contributed by atoms with Crippen molar-refractivity contribution >= 4 is 23.2 Å². The molecule has 7 nitrogen and oxygen atoms in total. The van der Waals surface area contributed by atoms with Crippen molar-refractivity contribution in [3.63, 3.8) is 0 Å². The lowest BCUT2D eigenvalue weighted by Crippen LogP contribution is -2.42. The first-order chi connectivity index (χ1) is 16.1. The van der Waals surface area contributed by atoms with Gasteiger partial charge < -0.3 is 20.0 Å². The molecule has 2 aliphatic heterocycles. The molecule has 0 radical (unpaired) electrons. The van der Waals surface area contributed by atoms with Crippen LogP contribution in [0, 0.1) is 12.3 Å². The number of nitrogens with two attached hydrogens (primary N) is 1. The molecule has 3 heterocycles. The molecule has 178 valence electrons. The van der Waals surface area contributed by atoms with Gasteiger partial charge in [-0.25, -0.2) is 5.01 Å². The molecule has 3 aliphatic rings. The van der Waals surface area contributed by atoms with Crippen LogP contribution in [0.4, 0.5) is 5.69 Å². The maximum absolute atomic E-state index is 13.2. The first-order valence-electron chi connectivity index (χ1n) is 11.4. The van der Waals surface area contributed by atoms with Crippen LogP contribution >= 0.6 is 11.6 Å². The lowest BCUT2D eigenvalue weighted by molar-refractivity contribution is 0.0765. The van der Waals surface area contributed by atoms with E-state index in [1.165, 1.54) is 0 Å². The van der Waals surface area contributed by atoms with Crippen molar-refractivity contribution in [2.45, 2.75) is 33.4 Å². The summed E-state index contributed by atoms with van der Waals surface area (Å²) in [6.45, 7) is 12.2. The number of hydrogen-bond donors (Lipinski definition) is 3. The number of halogens is 1. The number of benzene rings is 1. The second kappa shape index (κ2) is 8.05. The first kappa shape index (κ1) is 22.8. The van der Waals surface area contributed by atoms with Crippen LogP contribution in [0.2, 0.25) is 5.02 Å². The van der Waals surface area contributed by atoms with Crippen molar-refractivity contribution in [3.05, 3.63) is 87.1 Å². The molecule has 1 atom stereocenters. The number of likely N-dealkylation sites (N-methyl/N-ethyl adjacent to an activating group) is 1. The molecular formula is C26H30ClN5O2. The number of nitrogens with zero attached hydrogens (tertiary/aromatic N) is 2. The summed E-state index contributed by atoms with van der Waals surface area (Å²) in [6, 6.07) is 7.68. The number of allylic oxidation sites excluding steroid dienone is 2. The topological polar surface area (TPSA) is 86.8 Å². The Hall–Kier alpha value is -3.00. The molecular weight excluding hydrogens is 450 g/mol. The minimum atomic E-state index is -0.161. The van der Waals surface area contributed by atoms with Crippen LogP contribution in [-0.4, -0.2) is 36.0 Å². The zero-order valence-electron chi connectivity index (χ0n) is 20.0. The van der Waals surface area contributed by atoms with Gasteiger partial charge >= 0.3 is 0 Å². The standard InChI is InChI=1S/C26H30ClN5O2/c1-14-6-9-20(34-14)24-26(3,4)12-16-15(2)22(23(16)30-24)29-19-8-7-18(27)17-13-32(11-10-31(5)28)25(33)21(17)19/h6-9,12,24,29-30H,2,10-11,13,28H2,1,3-5H3/t24-/m0/s1. The van der Waals surface area contributed by atoms with E-state index in [-0.39, 0.29) is 17.4 Å². The number of furan rings is 1. The molecule has 1 aliphatic carbocycles. The summed E-state index contributed by atoms with van der Waals surface area (Å²) in [5.41, 5.74) is 5.90. The number of fused-ring (bicyclic) bond motifs is 2. The van der Waals surface area contributed by atoms with E-state index in [0.717, 1.165) is 45.3 Å². The molecule has 0 bridgehead atoms. The van der Waals surface area contributed by atoms with E-state index in [0.29, 0.717) is 30.2 Å². The lowest BCUT2D eigenvalue weighted by atomic mass is 9.72. The highest BCUT2D eigenvalue weighted by molar-refractivity contribution is 6.32. The fourth-order valence-electron chi connectivity index (χ4n) is 4.93. The van der Waals surface area contributed by atoms with Crippen molar-refractivity contribution in [1.29, 1.82) is 0 Å². The first-order valence-corrected chi connectivity index (χ1v) is 11.8. The second-order valence-electron chi connectivity index (χ2n) is 9.91. The van der Waals surface area contributed by atoms with E-state index >= 15 is 0 Å². The van der Waals surface area contributed by atoms with Crippen LogP contribution in [0.3, 0.4) is 0 Å². The maximum Gasteiger partial charge on any atom is 0.256 e. The molecule has 0 spiro atoms. The number of anilines is 1. The molecule has 34 heavy (non-hydrogen) atoms. The van der Waals surface area contributed by atoms with Gasteiger partial charge in [-0.05, 0) is 31.2 Å². The van der Waals surface area contributed by atoms with Crippen LogP contribution < -0.4 is 16.5 Å². The Balaban J connectivity index is 1.47. The van der Waals surface area contributed by atoms with E-state index in [1.54, 1.807) is 17.0 Å². The molecule has 0 fully saturated rings. The number of carbonyl (C=O) groups is 1. The van der Waals surface area contributed by atoms with Gasteiger partial charge in [0.25, 0.3) is 5.91 Å². The Bertz CT molecular complexity index is 1270. The highest BCUT2D eigenvalue weighted by atomic mass is 35.5. The molecule has 8 heteroatoms. The van der Waals surface area contributed by atoms with Crippen LogP contribution in [0.5, 0.6) is 0 Å². The number of amides is 1. The van der Waals surface area contributed by atoms with Gasteiger partial charge in [-0.1, -0.05) is 38.1 Å². The smallest absolute Gasteiger partial charge is 0.256 e. The average Bonchev–Trinajstić information content (AvgIpc) is 3.35. The summed E-state index contributed by atoms with van der Waals surface area (Å²) in [6.07, 6.45) is 2.25. The molecule has 2 aromatic rings. The van der Waals surface area contributed by atoms with Gasteiger partial charge in [0.2, 0.25) is 0 Å². The van der Waals surface area contributed by atoms with Crippen molar-refractivity contribution in [3.8, 4) is 0 Å². The Labute approximate surface area is 204 Å². The third-order valence-corrected chi connectivity index (χ3v) is 7.18. The molecule has 4 N–H and O–H groups in total. The molecule has 5 rings (SSSR count). The minimum absolute atomic E-state index is 0.0221. The van der Waals surface area contributed by atoms with Crippen molar-refractivity contribution in [2.24, 2.45) is 11.3 Å². The number of hydrogen-bond acceptors (Lipinski definition) is 6. The third kappa shape index (κ3) is 3.64. The number of nitrogens with one attached hydrogen (secondary N) is 2. The van der Waals surface area contributed by atoms with Crippen LogP contribution in [0.15, 0.2) is 63.9 Å². The Morgan fingerprint density at radius 2 is 2.12 bits per heavy atom. The second-order valence-corrected chi connectivity index (χ2v) is 10.3. The summed E-state index contributed by atoms with van der Waals surface area (Å²) in [4.78, 5) is 15.0. The Kier molecular flexibility index (Phi) is 5.39. The summed E-state index contributed by atoms with van der Waals surface area (Å²) < 4.78 is 5.95. The fraction of sp³-hybridized carbons (Fsp3) is 0.346. The lowest BCUT2D eigenvalue weighted by Gasteiger charge is -2.44. The van der Waals surface area contributed by atoms with Crippen molar-refractivity contribution in [1.82, 2.24) is 15.2 Å². The molecule has 0 unspecified atom stereocenters. The van der Waals surface area contributed by atoms with E-state index in [1.807, 2.05) is 31.2 Å². The SMILES string of the molecule is C=C1C2=CC(C)(C)[C@H](c3ccc(C)o3)NC2=C1Nc1ccc(Cl)c2c1C(=O)N(CCN(C)N)C2. The quantitative estimate of drug-likeness (QED) is 0.418. The predicted molar refractivity (Wildman–Crippen MR) is 134 cm³/mol. The molecule has 1 aromatic carbocycles. The van der Waals surface area contributed by atoms with Crippen LogP contribution in [-0.2, 0) is 6.54 Å². The van der Waals surface area contributed by atoms with Gasteiger partial charge in [0.15, 0.2) is 0 Å². The maximum atomic E-state index is 13.2. The minimum Gasteiger partial charge on any atom is -0.464 e. The summed E-state index contributed by atoms with van der Waals surface area (Å²) in [5, 5.41) is 9.30. The van der Waals surface area contributed by atoms with E-state index in [2.05, 4.69) is 37.1 Å². The Morgan fingerprint density at radius 1 is 1.35 bits per heavy atom. The Morgan fingerprint density at radius 3 is 2.79 bits per heavy atom. The van der Waals surface area contributed by atoms with Gasteiger partial charge in [0, 0.05) is 53.8 Å². The summed E-state index contributed by atoms with van der Waals surface area (Å²) in [5.74, 6) is 7.48. The normalized spacial score (nSPS) is 20.7. The van der Waals surface area contributed by atoms with Gasteiger partial charge in [-0.15, -0.1) is 0 Å². The van der Waals surface area contributed by atoms with Gasteiger partial charge in [0.1, 0.15) is 11.5 Å². The van der Waals surface area contributed by atoms with Crippen LogP contribution in [0.25, 0.3) is 0 Å². The average molecular weight is 480 g/mol. The van der Waals surface area contributed by atoms with Crippen LogP contribution in [0.1, 0.15) is 47.3 Å². The largest absolute Gasteiger partial charge is 0.464 e. The summed E-state index contributed by atoms with van der Waals surface area (Å²) >= 11 is 6.48. The highest BCUT2D eigenvalue weighted by Gasteiger charge is 2.43. The fourth-order valence-corrected chi connectivity index (χ4v) is 5.14. The highest BCUT2D eigenvalue weighted by Crippen LogP contribution is 2.50. The van der Waals surface area contributed by atoms with Gasteiger partial charge in [-0.3, -0.25) is 10.6 Å². The molecule has 0 saturated carbocycles.